The third kappa shape index (κ3) is 8.13. The van der Waals surface area contributed by atoms with Gasteiger partial charge in [0.05, 0.1) is 0 Å². The second-order valence-corrected chi connectivity index (χ2v) is 5.50. The maximum Gasteiger partial charge on any atom is 0.312 e. The maximum atomic E-state index is 12.4. The van der Waals surface area contributed by atoms with Crippen molar-refractivity contribution >= 4 is 30.0 Å². The van der Waals surface area contributed by atoms with Gasteiger partial charge in [-0.05, 0) is 30.5 Å². The zero-order valence-electron chi connectivity index (χ0n) is 14.6. The van der Waals surface area contributed by atoms with Gasteiger partial charge < -0.3 is 26.4 Å². The molecule has 9 nitrogen and oxygen atoms in total. The van der Waals surface area contributed by atoms with E-state index in [1.165, 1.54) is 0 Å². The molecule has 0 aromatic heterocycles. The predicted molar refractivity (Wildman–Crippen MR) is 95.0 cm³/mol. The Labute approximate surface area is 151 Å². The second-order valence-electron chi connectivity index (χ2n) is 5.50. The minimum Gasteiger partial charge on any atom is -0.463 e. The van der Waals surface area contributed by atoms with Crippen LogP contribution in [0, 0.1) is 0 Å². The van der Waals surface area contributed by atoms with Crippen molar-refractivity contribution < 1.29 is 23.9 Å². The quantitative estimate of drug-likeness (QED) is 0.337. The number of nitrogens with two attached hydrogens (primary N) is 1. The number of nitrogens with one attached hydrogen (secondary N) is 3. The van der Waals surface area contributed by atoms with Crippen molar-refractivity contribution in [1.82, 2.24) is 10.6 Å². The van der Waals surface area contributed by atoms with Gasteiger partial charge in [0.1, 0.15) is 12.6 Å². The van der Waals surface area contributed by atoms with Crippen molar-refractivity contribution in [3.63, 3.8) is 0 Å². The molecule has 1 atom stereocenters. The molecule has 0 heterocycles. The number of urea groups is 1. The lowest BCUT2D eigenvalue weighted by Crippen LogP contribution is -2.44. The van der Waals surface area contributed by atoms with Crippen LogP contribution in [0.4, 0.5) is 10.5 Å². The number of benzene rings is 1. The van der Waals surface area contributed by atoms with E-state index in [0.717, 1.165) is 5.56 Å². The van der Waals surface area contributed by atoms with Crippen LogP contribution in [0.2, 0.25) is 0 Å². The van der Waals surface area contributed by atoms with Crippen LogP contribution in [0.1, 0.15) is 31.7 Å². The summed E-state index contributed by atoms with van der Waals surface area (Å²) in [7, 11) is 0. The Morgan fingerprint density at radius 2 is 1.92 bits per heavy atom. The fourth-order valence-corrected chi connectivity index (χ4v) is 2.13. The van der Waals surface area contributed by atoms with Crippen molar-refractivity contribution in [3.05, 3.63) is 29.8 Å². The van der Waals surface area contributed by atoms with E-state index in [-0.39, 0.29) is 24.8 Å². The van der Waals surface area contributed by atoms with Crippen LogP contribution in [-0.4, -0.2) is 36.9 Å². The lowest BCUT2D eigenvalue weighted by atomic mass is 10.1. The Bertz CT molecular complexity index is 618. The fraction of sp³-hybridized carbons (Fsp3) is 0.412. The molecule has 0 saturated carbocycles. The Morgan fingerprint density at radius 3 is 2.50 bits per heavy atom. The molecule has 1 aromatic carbocycles. The first-order chi connectivity index (χ1) is 12.5. The predicted octanol–water partition coefficient (Wildman–Crippen LogP) is 0.641. The minimum absolute atomic E-state index is 0.153. The highest BCUT2D eigenvalue weighted by Crippen LogP contribution is 2.11. The Balaban J connectivity index is 2.63. The van der Waals surface area contributed by atoms with Crippen LogP contribution in [0.5, 0.6) is 0 Å². The molecule has 0 radical (unpaired) electrons. The fourth-order valence-electron chi connectivity index (χ4n) is 2.13. The highest BCUT2D eigenvalue weighted by molar-refractivity contribution is 5.97. The summed E-state index contributed by atoms with van der Waals surface area (Å²) in [5.41, 5.74) is 6.32. The van der Waals surface area contributed by atoms with E-state index < -0.39 is 12.1 Å². The van der Waals surface area contributed by atoms with E-state index in [4.69, 9.17) is 5.73 Å². The second kappa shape index (κ2) is 11.5. The molecule has 0 aliphatic heterocycles. The molecule has 1 unspecified atom stereocenters. The molecular weight excluding hydrogens is 340 g/mol. The highest BCUT2D eigenvalue weighted by atomic mass is 16.5. The van der Waals surface area contributed by atoms with Gasteiger partial charge in [-0.25, -0.2) is 4.79 Å². The van der Waals surface area contributed by atoms with Crippen LogP contribution in [0.3, 0.4) is 0 Å². The van der Waals surface area contributed by atoms with E-state index in [1.807, 2.05) is 0 Å². The first-order valence-electron chi connectivity index (χ1n) is 8.24. The highest BCUT2D eigenvalue weighted by Gasteiger charge is 2.20. The Kier molecular flexibility index (Phi) is 9.23. The van der Waals surface area contributed by atoms with Gasteiger partial charge in [0.2, 0.25) is 11.8 Å². The summed E-state index contributed by atoms with van der Waals surface area (Å²) in [6, 6.07) is 5.42. The molecule has 9 heteroatoms. The van der Waals surface area contributed by atoms with Gasteiger partial charge >= 0.3 is 6.03 Å². The number of rotatable bonds is 11. The van der Waals surface area contributed by atoms with Gasteiger partial charge in [0.25, 0.3) is 6.47 Å². The van der Waals surface area contributed by atoms with Gasteiger partial charge in [0, 0.05) is 18.7 Å². The number of ether oxygens (including phenoxy) is 1. The molecule has 0 aliphatic rings. The third-order valence-electron chi connectivity index (χ3n) is 3.48. The van der Waals surface area contributed by atoms with Crippen LogP contribution in [-0.2, 0) is 25.7 Å². The van der Waals surface area contributed by atoms with E-state index in [2.05, 4.69) is 20.7 Å². The van der Waals surface area contributed by atoms with Crippen LogP contribution in [0.15, 0.2) is 24.3 Å². The Hall–Kier alpha value is -3.10. The molecule has 1 aromatic rings. The first-order valence-corrected chi connectivity index (χ1v) is 8.24. The largest absolute Gasteiger partial charge is 0.463 e. The van der Waals surface area contributed by atoms with Gasteiger partial charge in [-0.15, -0.1) is 0 Å². The number of amides is 4. The monoisotopic (exact) mass is 364 g/mol. The summed E-state index contributed by atoms with van der Waals surface area (Å²) >= 11 is 0. The molecule has 0 aliphatic carbocycles. The third-order valence-corrected chi connectivity index (χ3v) is 3.48. The first kappa shape index (κ1) is 20.9. The van der Waals surface area contributed by atoms with Gasteiger partial charge in [-0.3, -0.25) is 14.4 Å². The molecule has 26 heavy (non-hydrogen) atoms. The summed E-state index contributed by atoms with van der Waals surface area (Å²) in [6.45, 7) is 2.52. The summed E-state index contributed by atoms with van der Waals surface area (Å²) < 4.78 is 4.65. The van der Waals surface area contributed by atoms with E-state index in [0.29, 0.717) is 31.5 Å². The van der Waals surface area contributed by atoms with Crippen molar-refractivity contribution in [3.8, 4) is 0 Å². The molecule has 5 N–H and O–H groups in total. The molecule has 0 fully saturated rings. The minimum atomic E-state index is -0.727. The van der Waals surface area contributed by atoms with Crippen LogP contribution >= 0.6 is 0 Å². The van der Waals surface area contributed by atoms with E-state index >= 15 is 0 Å². The van der Waals surface area contributed by atoms with Crippen molar-refractivity contribution in [1.29, 1.82) is 0 Å². The number of carbonyl (C=O) groups excluding carboxylic acids is 4. The van der Waals surface area contributed by atoms with Gasteiger partial charge in [0.15, 0.2) is 0 Å². The molecule has 0 saturated heterocycles. The summed E-state index contributed by atoms with van der Waals surface area (Å²) in [5.74, 6) is -0.600. The Morgan fingerprint density at radius 1 is 1.23 bits per heavy atom. The molecule has 1 rings (SSSR count). The number of hydrogen-bond acceptors (Lipinski definition) is 5. The molecule has 0 spiro atoms. The average Bonchev–Trinajstić information content (AvgIpc) is 2.63. The zero-order valence-corrected chi connectivity index (χ0v) is 14.6. The molecule has 4 amide bonds. The maximum absolute atomic E-state index is 12.4. The molecule has 142 valence electrons. The normalized spacial score (nSPS) is 11.1. The lowest BCUT2D eigenvalue weighted by molar-refractivity contribution is -0.129. The van der Waals surface area contributed by atoms with Crippen LogP contribution < -0.4 is 21.7 Å². The smallest absolute Gasteiger partial charge is 0.312 e. The van der Waals surface area contributed by atoms with Gasteiger partial charge in [-0.2, -0.15) is 0 Å². The topological polar surface area (TPSA) is 140 Å². The van der Waals surface area contributed by atoms with Crippen molar-refractivity contribution in [2.45, 2.75) is 38.8 Å². The number of anilines is 1. The SMILES string of the molecule is CCC(=O)NC(CCCNC(N)=O)C(=O)Nc1ccc(COC=O)cc1. The number of carbonyl (C=O) groups is 4. The van der Waals surface area contributed by atoms with Gasteiger partial charge in [-0.1, -0.05) is 19.1 Å². The van der Waals surface area contributed by atoms with Crippen LogP contribution in [0.25, 0.3) is 0 Å². The van der Waals surface area contributed by atoms with E-state index in [1.54, 1.807) is 31.2 Å². The summed E-state index contributed by atoms with van der Waals surface area (Å²) in [6.07, 6.45) is 1.09. The lowest BCUT2D eigenvalue weighted by Gasteiger charge is -2.18. The van der Waals surface area contributed by atoms with E-state index in [9.17, 15) is 19.2 Å². The van der Waals surface area contributed by atoms with Crippen molar-refractivity contribution in [2.75, 3.05) is 11.9 Å². The molecular formula is C17H24N4O5. The standard InChI is InChI=1S/C17H24N4O5/c1-2-15(23)21-14(4-3-9-19-17(18)25)16(24)20-13-7-5-12(6-8-13)10-26-11-22/h5-8,11,14H,2-4,9-10H2,1H3,(H,20,24)(H,21,23)(H3,18,19,25). The summed E-state index contributed by atoms with van der Waals surface area (Å²) in [4.78, 5) is 44.9. The number of hydrogen-bond donors (Lipinski definition) is 4. The zero-order chi connectivity index (χ0) is 19.4. The average molecular weight is 364 g/mol. The molecule has 0 bridgehead atoms. The number of primary amides is 1. The van der Waals surface area contributed by atoms with Crippen molar-refractivity contribution in [2.24, 2.45) is 5.73 Å². The summed E-state index contributed by atoms with van der Waals surface area (Å²) in [5, 5.41) is 7.83.